The molecule has 2 unspecified atom stereocenters. The number of hydrogen-bond acceptors (Lipinski definition) is 3. The molecule has 2 atom stereocenters. The Morgan fingerprint density at radius 2 is 2.36 bits per heavy atom. The number of rotatable bonds is 1. The molecule has 0 bridgehead atoms. The monoisotopic (exact) mass is 193 g/mol. The molecule has 1 aromatic carbocycles. The topological polar surface area (TPSA) is 55.5 Å². The van der Waals surface area contributed by atoms with Gasteiger partial charge >= 0.3 is 0 Å². The summed E-state index contributed by atoms with van der Waals surface area (Å²) in [6, 6.07) is 5.84. The lowest BCUT2D eigenvalue weighted by atomic mass is 9.92. The van der Waals surface area contributed by atoms with Gasteiger partial charge in [0.05, 0.1) is 12.7 Å². The predicted octanol–water partition coefficient (Wildman–Crippen LogP) is 0.996. The first-order valence-corrected chi connectivity index (χ1v) is 4.84. The molecule has 0 amide bonds. The Hall–Kier alpha value is -1.06. The fourth-order valence-corrected chi connectivity index (χ4v) is 1.77. The summed E-state index contributed by atoms with van der Waals surface area (Å²) >= 11 is 0. The minimum absolute atomic E-state index is 0.0179. The molecule has 1 aromatic rings. The van der Waals surface area contributed by atoms with Crippen molar-refractivity contribution in [3.63, 3.8) is 0 Å². The van der Waals surface area contributed by atoms with Crippen LogP contribution >= 0.6 is 0 Å². The first kappa shape index (κ1) is 9.49. The Morgan fingerprint density at radius 3 is 3.07 bits per heavy atom. The maximum absolute atomic E-state index is 9.99. The Labute approximate surface area is 83.5 Å². The molecule has 3 nitrogen and oxygen atoms in total. The van der Waals surface area contributed by atoms with E-state index in [-0.39, 0.29) is 5.92 Å². The third-order valence-corrected chi connectivity index (χ3v) is 2.69. The van der Waals surface area contributed by atoms with E-state index >= 15 is 0 Å². The van der Waals surface area contributed by atoms with E-state index in [0.29, 0.717) is 13.2 Å². The molecule has 1 aliphatic rings. The number of aliphatic hydroxyl groups excluding tert-OH is 1. The van der Waals surface area contributed by atoms with Gasteiger partial charge in [0.2, 0.25) is 0 Å². The number of benzene rings is 1. The van der Waals surface area contributed by atoms with Gasteiger partial charge in [0.15, 0.2) is 0 Å². The number of fused-ring (bicyclic) bond motifs is 1. The molecule has 3 N–H and O–H groups in total. The van der Waals surface area contributed by atoms with E-state index in [2.05, 4.69) is 0 Å². The second-order valence-corrected chi connectivity index (χ2v) is 3.79. The summed E-state index contributed by atoms with van der Waals surface area (Å²) in [6.45, 7) is 2.96. The normalized spacial score (nSPS) is 25.4. The van der Waals surface area contributed by atoms with Crippen LogP contribution in [0.4, 0.5) is 0 Å². The van der Waals surface area contributed by atoms with Crippen molar-refractivity contribution in [2.75, 3.05) is 13.2 Å². The summed E-state index contributed by atoms with van der Waals surface area (Å²) in [5.74, 6) is 0.803. The minimum Gasteiger partial charge on any atom is -0.493 e. The fourth-order valence-electron chi connectivity index (χ4n) is 1.77. The van der Waals surface area contributed by atoms with Crippen molar-refractivity contribution in [1.29, 1.82) is 0 Å². The minimum atomic E-state index is -0.483. The first-order chi connectivity index (χ1) is 6.72. The van der Waals surface area contributed by atoms with Crippen LogP contribution in [0.2, 0.25) is 0 Å². The Morgan fingerprint density at radius 1 is 1.57 bits per heavy atom. The average molecular weight is 193 g/mol. The van der Waals surface area contributed by atoms with Crippen LogP contribution in [0.15, 0.2) is 18.2 Å². The van der Waals surface area contributed by atoms with Gasteiger partial charge in [0.1, 0.15) is 5.75 Å². The van der Waals surface area contributed by atoms with Gasteiger partial charge in [-0.25, -0.2) is 0 Å². The zero-order chi connectivity index (χ0) is 10.1. The molecule has 0 aliphatic carbocycles. The highest BCUT2D eigenvalue weighted by atomic mass is 16.5. The number of ether oxygens (including phenoxy) is 1. The fraction of sp³-hybridized carbons (Fsp3) is 0.455. The van der Waals surface area contributed by atoms with Crippen LogP contribution in [0, 0.1) is 12.8 Å². The standard InChI is InChI=1S/C11H15NO2/c1-7-2-3-10-9(4-7)11(13)8(5-12)6-14-10/h2-4,8,11,13H,5-6,12H2,1H3. The molecule has 1 heterocycles. The lowest BCUT2D eigenvalue weighted by Crippen LogP contribution is -2.31. The second-order valence-electron chi connectivity index (χ2n) is 3.79. The molecule has 0 radical (unpaired) electrons. The predicted molar refractivity (Wildman–Crippen MR) is 54.2 cm³/mol. The summed E-state index contributed by atoms with van der Waals surface area (Å²) in [6.07, 6.45) is -0.483. The van der Waals surface area contributed by atoms with Crippen LogP contribution in [0.3, 0.4) is 0 Å². The van der Waals surface area contributed by atoms with Crippen molar-refractivity contribution in [1.82, 2.24) is 0 Å². The second kappa shape index (κ2) is 3.59. The van der Waals surface area contributed by atoms with Gasteiger partial charge in [-0.3, -0.25) is 0 Å². The third-order valence-electron chi connectivity index (χ3n) is 2.69. The van der Waals surface area contributed by atoms with Crippen LogP contribution in [0.1, 0.15) is 17.2 Å². The molecule has 76 valence electrons. The van der Waals surface area contributed by atoms with Crippen LogP contribution in [0.5, 0.6) is 5.75 Å². The maximum atomic E-state index is 9.99. The van der Waals surface area contributed by atoms with Crippen molar-refractivity contribution in [2.24, 2.45) is 11.7 Å². The lowest BCUT2D eigenvalue weighted by Gasteiger charge is -2.29. The van der Waals surface area contributed by atoms with E-state index in [1.54, 1.807) is 0 Å². The summed E-state index contributed by atoms with van der Waals surface area (Å²) in [5.41, 5.74) is 7.54. The molecule has 0 saturated heterocycles. The van der Waals surface area contributed by atoms with E-state index in [9.17, 15) is 5.11 Å². The zero-order valence-corrected chi connectivity index (χ0v) is 8.23. The van der Waals surface area contributed by atoms with Crippen molar-refractivity contribution >= 4 is 0 Å². The molecule has 0 aromatic heterocycles. The van der Waals surface area contributed by atoms with Crippen LogP contribution < -0.4 is 10.5 Å². The molecule has 0 saturated carbocycles. The quantitative estimate of drug-likeness (QED) is 0.699. The van der Waals surface area contributed by atoms with Crippen molar-refractivity contribution in [3.8, 4) is 5.75 Å². The molecule has 0 fully saturated rings. The number of aryl methyl sites for hydroxylation is 1. The number of aliphatic hydroxyl groups is 1. The molecule has 1 aliphatic heterocycles. The summed E-state index contributed by atoms with van der Waals surface area (Å²) in [7, 11) is 0. The molecule has 14 heavy (non-hydrogen) atoms. The van der Waals surface area contributed by atoms with Crippen LogP contribution in [-0.4, -0.2) is 18.3 Å². The average Bonchev–Trinajstić information content (AvgIpc) is 2.20. The molecular weight excluding hydrogens is 178 g/mol. The molecule has 0 spiro atoms. The van der Waals surface area contributed by atoms with E-state index < -0.39 is 6.10 Å². The van der Waals surface area contributed by atoms with E-state index in [1.165, 1.54) is 0 Å². The highest BCUT2D eigenvalue weighted by Gasteiger charge is 2.28. The van der Waals surface area contributed by atoms with Crippen molar-refractivity contribution < 1.29 is 9.84 Å². The highest BCUT2D eigenvalue weighted by molar-refractivity contribution is 5.40. The van der Waals surface area contributed by atoms with Gasteiger partial charge in [-0.1, -0.05) is 11.6 Å². The van der Waals surface area contributed by atoms with Crippen molar-refractivity contribution in [2.45, 2.75) is 13.0 Å². The van der Waals surface area contributed by atoms with Crippen molar-refractivity contribution in [3.05, 3.63) is 29.3 Å². The maximum Gasteiger partial charge on any atom is 0.125 e. The van der Waals surface area contributed by atoms with Gasteiger partial charge in [0, 0.05) is 18.0 Å². The van der Waals surface area contributed by atoms with Gasteiger partial charge < -0.3 is 15.6 Å². The van der Waals surface area contributed by atoms with Gasteiger partial charge in [-0.05, 0) is 19.1 Å². The van der Waals surface area contributed by atoms with E-state index in [4.69, 9.17) is 10.5 Å². The zero-order valence-electron chi connectivity index (χ0n) is 8.23. The van der Waals surface area contributed by atoms with E-state index in [0.717, 1.165) is 16.9 Å². The lowest BCUT2D eigenvalue weighted by molar-refractivity contribution is 0.0552. The highest BCUT2D eigenvalue weighted by Crippen LogP contribution is 2.35. The first-order valence-electron chi connectivity index (χ1n) is 4.84. The molecular formula is C11H15NO2. The summed E-state index contributed by atoms with van der Waals surface area (Å²) < 4.78 is 5.51. The Kier molecular flexibility index (Phi) is 2.44. The smallest absolute Gasteiger partial charge is 0.125 e. The van der Waals surface area contributed by atoms with Gasteiger partial charge in [0.25, 0.3) is 0 Å². The third kappa shape index (κ3) is 1.49. The van der Waals surface area contributed by atoms with E-state index in [1.807, 2.05) is 25.1 Å². The Balaban J connectivity index is 2.38. The summed E-state index contributed by atoms with van der Waals surface area (Å²) in [5, 5.41) is 9.99. The summed E-state index contributed by atoms with van der Waals surface area (Å²) in [4.78, 5) is 0. The number of hydrogen-bond donors (Lipinski definition) is 2. The number of nitrogens with two attached hydrogens (primary N) is 1. The van der Waals surface area contributed by atoms with Gasteiger partial charge in [-0.15, -0.1) is 0 Å². The van der Waals surface area contributed by atoms with Crippen LogP contribution in [0.25, 0.3) is 0 Å². The SMILES string of the molecule is Cc1ccc2c(c1)C(O)C(CN)CO2. The molecule has 3 heteroatoms. The molecule has 2 rings (SSSR count). The van der Waals surface area contributed by atoms with Gasteiger partial charge in [-0.2, -0.15) is 0 Å². The largest absolute Gasteiger partial charge is 0.493 e. The Bertz CT molecular complexity index is 338. The van der Waals surface area contributed by atoms with Crippen LogP contribution in [-0.2, 0) is 0 Å².